The molecule has 2 N–H and O–H groups in total. The highest BCUT2D eigenvalue weighted by atomic mass is 35.5. The molecule has 0 aromatic heterocycles. The van der Waals surface area contributed by atoms with E-state index >= 15 is 0 Å². The highest BCUT2D eigenvalue weighted by Crippen LogP contribution is 2.26. The maximum atomic E-state index is 12.3. The van der Waals surface area contributed by atoms with Gasteiger partial charge in [0, 0.05) is 6.54 Å². The highest BCUT2D eigenvalue weighted by Gasteiger charge is 2.23. The number of carbonyl (C=O) groups excluding carboxylic acids is 1. The van der Waals surface area contributed by atoms with E-state index in [1.165, 1.54) is 13.2 Å². The van der Waals surface area contributed by atoms with Crippen molar-refractivity contribution in [2.75, 3.05) is 20.2 Å². The molecule has 1 aromatic carbocycles. The summed E-state index contributed by atoms with van der Waals surface area (Å²) in [6.45, 7) is 1.75. The number of amides is 1. The Kier molecular flexibility index (Phi) is 6.44. The lowest BCUT2D eigenvalue weighted by Crippen LogP contribution is -2.39. The van der Waals surface area contributed by atoms with Crippen molar-refractivity contribution in [1.29, 1.82) is 0 Å². The number of carbonyl (C=O) groups is 1. The number of hydrogen-bond donors (Lipinski definition) is 1. The summed E-state index contributed by atoms with van der Waals surface area (Å²) in [5, 5.41) is 0.335. The number of sulfonamides is 1. The molecule has 0 heterocycles. The van der Waals surface area contributed by atoms with Gasteiger partial charge in [0.25, 0.3) is 0 Å². The molecule has 0 saturated heterocycles. The van der Waals surface area contributed by atoms with Crippen LogP contribution in [0.25, 0.3) is 0 Å². The fourth-order valence-electron chi connectivity index (χ4n) is 1.84. The molecule has 0 spiro atoms. The van der Waals surface area contributed by atoms with E-state index in [9.17, 15) is 13.2 Å². The number of ether oxygens (including phenoxy) is 1. The molecule has 118 valence electrons. The van der Waals surface area contributed by atoms with Crippen LogP contribution in [-0.4, -0.2) is 38.8 Å². The summed E-state index contributed by atoms with van der Waals surface area (Å²) in [6.07, 6.45) is 0.593. The van der Waals surface area contributed by atoms with E-state index in [4.69, 9.17) is 22.1 Å². The standard InChI is InChI=1S/C13H19ClN2O4S/c1-3-6-16(8-13(15)17)21(18,19)9-10-4-5-12(20-2)11(14)7-10/h4-5,7H,3,6,8-9H2,1-2H3,(H2,15,17). The molecule has 0 aliphatic carbocycles. The van der Waals surface area contributed by atoms with Crippen LogP contribution in [0.3, 0.4) is 0 Å². The number of nitrogens with two attached hydrogens (primary N) is 1. The van der Waals surface area contributed by atoms with Crippen LogP contribution in [0.1, 0.15) is 18.9 Å². The van der Waals surface area contributed by atoms with Crippen LogP contribution in [0.15, 0.2) is 18.2 Å². The van der Waals surface area contributed by atoms with Crippen LogP contribution in [0.4, 0.5) is 0 Å². The van der Waals surface area contributed by atoms with Crippen LogP contribution in [0, 0.1) is 0 Å². The van der Waals surface area contributed by atoms with Crippen molar-refractivity contribution >= 4 is 27.5 Å². The normalized spacial score (nSPS) is 11.6. The van der Waals surface area contributed by atoms with E-state index < -0.39 is 15.9 Å². The van der Waals surface area contributed by atoms with Crippen molar-refractivity contribution in [1.82, 2.24) is 4.31 Å². The van der Waals surface area contributed by atoms with Gasteiger partial charge in [-0.05, 0) is 24.1 Å². The monoisotopic (exact) mass is 334 g/mol. The molecule has 6 nitrogen and oxygen atoms in total. The number of hydrogen-bond acceptors (Lipinski definition) is 4. The predicted octanol–water partition coefficient (Wildman–Crippen LogP) is 1.38. The van der Waals surface area contributed by atoms with Crippen molar-refractivity contribution < 1.29 is 17.9 Å². The van der Waals surface area contributed by atoms with Crippen molar-refractivity contribution in [2.24, 2.45) is 5.73 Å². The molecule has 0 radical (unpaired) electrons. The van der Waals surface area contributed by atoms with E-state index in [1.54, 1.807) is 12.1 Å². The Labute approximate surface area is 129 Å². The molecule has 21 heavy (non-hydrogen) atoms. The summed E-state index contributed by atoms with van der Waals surface area (Å²) in [4.78, 5) is 11.0. The topological polar surface area (TPSA) is 89.7 Å². The second kappa shape index (κ2) is 7.63. The van der Waals surface area contributed by atoms with Gasteiger partial charge < -0.3 is 10.5 Å². The smallest absolute Gasteiger partial charge is 0.232 e. The highest BCUT2D eigenvalue weighted by molar-refractivity contribution is 7.88. The quantitative estimate of drug-likeness (QED) is 0.777. The predicted molar refractivity (Wildman–Crippen MR) is 81.7 cm³/mol. The molecule has 1 amide bonds. The van der Waals surface area contributed by atoms with E-state index in [-0.39, 0.29) is 18.8 Å². The average molecular weight is 335 g/mol. The number of rotatable bonds is 8. The van der Waals surface area contributed by atoms with Crippen LogP contribution in [0.2, 0.25) is 5.02 Å². The number of nitrogens with zero attached hydrogens (tertiary/aromatic N) is 1. The minimum absolute atomic E-state index is 0.245. The van der Waals surface area contributed by atoms with E-state index in [0.29, 0.717) is 22.8 Å². The summed E-state index contributed by atoms with van der Waals surface area (Å²) in [5.41, 5.74) is 5.61. The largest absolute Gasteiger partial charge is 0.495 e. The molecule has 0 unspecified atom stereocenters. The first kappa shape index (κ1) is 17.7. The molecular weight excluding hydrogens is 316 g/mol. The lowest BCUT2D eigenvalue weighted by molar-refractivity contribution is -0.118. The van der Waals surface area contributed by atoms with Crippen molar-refractivity contribution in [2.45, 2.75) is 19.1 Å². The second-order valence-corrected chi connectivity index (χ2v) is 6.90. The summed E-state index contributed by atoms with van der Waals surface area (Å²) in [5.74, 6) is -0.454. The molecule has 0 aliphatic heterocycles. The molecule has 0 bridgehead atoms. The van der Waals surface area contributed by atoms with Gasteiger partial charge in [-0.3, -0.25) is 4.79 Å². The molecule has 0 atom stereocenters. The van der Waals surface area contributed by atoms with Gasteiger partial charge >= 0.3 is 0 Å². The third-order valence-corrected chi connectivity index (χ3v) is 4.86. The first-order chi connectivity index (χ1) is 9.80. The number of benzene rings is 1. The minimum atomic E-state index is -3.64. The molecule has 0 fully saturated rings. The van der Waals surface area contributed by atoms with E-state index in [2.05, 4.69) is 0 Å². The van der Waals surface area contributed by atoms with Crippen LogP contribution in [-0.2, 0) is 20.6 Å². The zero-order valence-corrected chi connectivity index (χ0v) is 13.6. The maximum Gasteiger partial charge on any atom is 0.232 e. The molecular formula is C13H19ClN2O4S. The molecule has 0 saturated carbocycles. The maximum absolute atomic E-state index is 12.3. The van der Waals surface area contributed by atoms with Gasteiger partial charge in [-0.1, -0.05) is 24.6 Å². The summed E-state index contributed by atoms with van der Waals surface area (Å²) in [6, 6.07) is 4.76. The fourth-order valence-corrected chi connectivity index (χ4v) is 3.69. The van der Waals surface area contributed by atoms with Gasteiger partial charge in [0.1, 0.15) is 5.75 Å². The lowest BCUT2D eigenvalue weighted by Gasteiger charge is -2.20. The lowest BCUT2D eigenvalue weighted by atomic mass is 10.2. The Hall–Kier alpha value is -1.31. The Bertz CT molecular complexity index is 604. The van der Waals surface area contributed by atoms with Gasteiger partial charge in [0.15, 0.2) is 0 Å². The van der Waals surface area contributed by atoms with Gasteiger partial charge in [0.2, 0.25) is 15.9 Å². The molecule has 0 aliphatic rings. The van der Waals surface area contributed by atoms with E-state index in [0.717, 1.165) is 4.31 Å². The Morgan fingerprint density at radius 2 is 2.10 bits per heavy atom. The number of methoxy groups -OCH3 is 1. The summed E-state index contributed by atoms with van der Waals surface area (Å²) >= 11 is 5.98. The number of halogens is 1. The zero-order chi connectivity index (χ0) is 16.0. The van der Waals surface area contributed by atoms with Crippen molar-refractivity contribution in [3.8, 4) is 5.75 Å². The summed E-state index contributed by atoms with van der Waals surface area (Å²) in [7, 11) is -2.16. The van der Waals surface area contributed by atoms with E-state index in [1.807, 2.05) is 6.92 Å². The first-order valence-electron chi connectivity index (χ1n) is 6.38. The molecule has 8 heteroatoms. The zero-order valence-electron chi connectivity index (χ0n) is 12.0. The van der Waals surface area contributed by atoms with Crippen LogP contribution in [0.5, 0.6) is 5.75 Å². The Morgan fingerprint density at radius 1 is 1.43 bits per heavy atom. The van der Waals surface area contributed by atoms with Gasteiger partial charge in [0.05, 0.1) is 24.4 Å². The summed E-state index contributed by atoms with van der Waals surface area (Å²) < 4.78 is 30.8. The Morgan fingerprint density at radius 3 is 2.57 bits per heavy atom. The van der Waals surface area contributed by atoms with Crippen LogP contribution < -0.4 is 10.5 Å². The molecule has 1 aromatic rings. The third kappa shape index (κ3) is 5.18. The van der Waals surface area contributed by atoms with Crippen LogP contribution >= 0.6 is 11.6 Å². The van der Waals surface area contributed by atoms with Crippen molar-refractivity contribution in [3.63, 3.8) is 0 Å². The first-order valence-corrected chi connectivity index (χ1v) is 8.37. The number of primary amides is 1. The van der Waals surface area contributed by atoms with Gasteiger partial charge in [-0.2, -0.15) is 4.31 Å². The minimum Gasteiger partial charge on any atom is -0.495 e. The SMILES string of the molecule is CCCN(CC(N)=O)S(=O)(=O)Cc1ccc(OC)c(Cl)c1. The van der Waals surface area contributed by atoms with Crippen molar-refractivity contribution in [3.05, 3.63) is 28.8 Å². The Balaban J connectivity index is 2.96. The average Bonchev–Trinajstić information content (AvgIpc) is 2.37. The van der Waals surface area contributed by atoms with Gasteiger partial charge in [-0.15, -0.1) is 0 Å². The molecule has 1 rings (SSSR count). The van der Waals surface area contributed by atoms with Gasteiger partial charge in [-0.25, -0.2) is 8.42 Å². The third-order valence-electron chi connectivity index (χ3n) is 2.76. The fraction of sp³-hybridized carbons (Fsp3) is 0.462. The second-order valence-electron chi connectivity index (χ2n) is 4.52.